The molecule has 0 bridgehead atoms. The van der Waals surface area contributed by atoms with E-state index in [0.29, 0.717) is 0 Å². The van der Waals surface area contributed by atoms with Gasteiger partial charge in [-0.2, -0.15) is 5.26 Å². The van der Waals surface area contributed by atoms with Gasteiger partial charge in [0.1, 0.15) is 35.6 Å². The number of nitriles is 1. The SMILES string of the molecule is N#Cc1c(Cl)cccc1OCc1c(F)cccc1F. The van der Waals surface area contributed by atoms with E-state index in [-0.39, 0.29) is 28.5 Å². The Kier molecular flexibility index (Phi) is 3.98. The minimum Gasteiger partial charge on any atom is -0.487 e. The molecule has 2 aromatic carbocycles. The molecule has 19 heavy (non-hydrogen) atoms. The molecule has 0 aliphatic carbocycles. The summed E-state index contributed by atoms with van der Waals surface area (Å²) in [6, 6.07) is 10.1. The summed E-state index contributed by atoms with van der Waals surface area (Å²) in [6.07, 6.45) is 0. The minimum absolute atomic E-state index is 0.140. The molecule has 0 aromatic heterocycles. The molecule has 0 heterocycles. The molecule has 0 saturated heterocycles. The van der Waals surface area contributed by atoms with Gasteiger partial charge in [0.15, 0.2) is 0 Å². The fourth-order valence-electron chi connectivity index (χ4n) is 1.55. The van der Waals surface area contributed by atoms with Gasteiger partial charge in [-0.25, -0.2) is 8.78 Å². The topological polar surface area (TPSA) is 33.0 Å². The van der Waals surface area contributed by atoms with Crippen molar-refractivity contribution in [3.8, 4) is 11.8 Å². The van der Waals surface area contributed by atoms with E-state index in [1.165, 1.54) is 18.2 Å². The van der Waals surface area contributed by atoms with Gasteiger partial charge in [0.25, 0.3) is 0 Å². The lowest BCUT2D eigenvalue weighted by Gasteiger charge is -2.09. The summed E-state index contributed by atoms with van der Waals surface area (Å²) in [7, 11) is 0. The number of nitrogens with zero attached hydrogens (tertiary/aromatic N) is 1. The highest BCUT2D eigenvalue weighted by Gasteiger charge is 2.12. The molecule has 0 saturated carbocycles. The molecule has 2 rings (SSSR count). The van der Waals surface area contributed by atoms with Crippen LogP contribution in [0.15, 0.2) is 36.4 Å². The third-order valence-electron chi connectivity index (χ3n) is 2.52. The molecule has 0 fully saturated rings. The average molecular weight is 280 g/mol. The van der Waals surface area contributed by atoms with Crippen molar-refractivity contribution >= 4 is 11.6 Å². The average Bonchev–Trinajstić information content (AvgIpc) is 2.38. The van der Waals surface area contributed by atoms with E-state index in [1.807, 2.05) is 6.07 Å². The third-order valence-corrected chi connectivity index (χ3v) is 2.84. The number of ether oxygens (including phenoxy) is 1. The van der Waals surface area contributed by atoms with Gasteiger partial charge in [0.05, 0.1) is 10.6 Å². The van der Waals surface area contributed by atoms with Gasteiger partial charge in [-0.05, 0) is 24.3 Å². The van der Waals surface area contributed by atoms with Gasteiger partial charge >= 0.3 is 0 Å². The Hall–Kier alpha value is -2.12. The van der Waals surface area contributed by atoms with E-state index in [2.05, 4.69) is 0 Å². The van der Waals surface area contributed by atoms with E-state index >= 15 is 0 Å². The minimum atomic E-state index is -0.694. The van der Waals surface area contributed by atoms with Crippen LogP contribution >= 0.6 is 11.6 Å². The third kappa shape index (κ3) is 2.83. The van der Waals surface area contributed by atoms with E-state index in [0.717, 1.165) is 12.1 Å². The Morgan fingerprint density at radius 3 is 2.37 bits per heavy atom. The first kappa shape index (κ1) is 13.3. The summed E-state index contributed by atoms with van der Waals surface area (Å²) in [6.45, 7) is -0.312. The smallest absolute Gasteiger partial charge is 0.139 e. The number of benzene rings is 2. The van der Waals surface area contributed by atoms with Crippen molar-refractivity contribution in [3.63, 3.8) is 0 Å². The zero-order chi connectivity index (χ0) is 13.8. The Balaban J connectivity index is 2.25. The Morgan fingerprint density at radius 1 is 1.11 bits per heavy atom. The van der Waals surface area contributed by atoms with Crippen LogP contribution in [-0.4, -0.2) is 0 Å². The standard InChI is InChI=1S/C14H8ClF2NO/c15-11-3-1-6-14(9(11)7-18)19-8-10-12(16)4-2-5-13(10)17/h1-6H,8H2. The summed E-state index contributed by atoms with van der Waals surface area (Å²) in [5.41, 5.74) is -0.0488. The van der Waals surface area contributed by atoms with Crippen LogP contribution in [0.5, 0.6) is 5.75 Å². The maximum absolute atomic E-state index is 13.4. The molecule has 0 atom stereocenters. The van der Waals surface area contributed by atoms with Crippen molar-refractivity contribution in [1.82, 2.24) is 0 Å². The van der Waals surface area contributed by atoms with Crippen LogP contribution in [0, 0.1) is 23.0 Å². The van der Waals surface area contributed by atoms with Gasteiger partial charge in [-0.3, -0.25) is 0 Å². The first-order valence-corrected chi connectivity index (χ1v) is 5.75. The summed E-state index contributed by atoms with van der Waals surface area (Å²) < 4.78 is 32.1. The molecule has 0 aliphatic rings. The molecule has 0 unspecified atom stereocenters. The van der Waals surface area contributed by atoms with Gasteiger partial charge in [0.2, 0.25) is 0 Å². The van der Waals surface area contributed by atoms with E-state index < -0.39 is 11.6 Å². The Labute approximate surface area is 113 Å². The molecule has 0 amide bonds. The van der Waals surface area contributed by atoms with Crippen LogP contribution in [-0.2, 0) is 6.61 Å². The molecule has 2 nitrogen and oxygen atoms in total. The monoisotopic (exact) mass is 279 g/mol. The first-order chi connectivity index (χ1) is 9.13. The second-order valence-corrected chi connectivity index (χ2v) is 4.12. The van der Waals surface area contributed by atoms with Gasteiger partial charge < -0.3 is 4.74 Å². The van der Waals surface area contributed by atoms with E-state index in [4.69, 9.17) is 21.6 Å². The number of hydrogen-bond donors (Lipinski definition) is 0. The molecule has 96 valence electrons. The van der Waals surface area contributed by atoms with Crippen LogP contribution in [0.4, 0.5) is 8.78 Å². The molecule has 0 spiro atoms. The predicted octanol–water partition coefficient (Wildman–Crippen LogP) is 4.07. The molecule has 0 aliphatic heterocycles. The van der Waals surface area contributed by atoms with Crippen LogP contribution in [0.1, 0.15) is 11.1 Å². The van der Waals surface area contributed by atoms with Crippen LogP contribution in [0.3, 0.4) is 0 Å². The molecular weight excluding hydrogens is 272 g/mol. The zero-order valence-electron chi connectivity index (χ0n) is 9.66. The summed E-state index contributed by atoms with van der Waals surface area (Å²) in [5, 5.41) is 9.17. The van der Waals surface area contributed by atoms with Crippen molar-refractivity contribution in [2.45, 2.75) is 6.61 Å². The summed E-state index contributed by atoms with van der Waals surface area (Å²) >= 11 is 5.82. The lowest BCUT2D eigenvalue weighted by atomic mass is 10.2. The lowest BCUT2D eigenvalue weighted by Crippen LogP contribution is -2.03. The highest BCUT2D eigenvalue weighted by atomic mass is 35.5. The Bertz CT molecular complexity index is 632. The number of hydrogen-bond acceptors (Lipinski definition) is 2. The largest absolute Gasteiger partial charge is 0.487 e. The second kappa shape index (κ2) is 5.68. The van der Waals surface area contributed by atoms with Gasteiger partial charge in [-0.15, -0.1) is 0 Å². The molecule has 0 radical (unpaired) electrons. The van der Waals surface area contributed by atoms with Crippen molar-refractivity contribution in [3.05, 3.63) is 64.2 Å². The highest BCUT2D eigenvalue weighted by Crippen LogP contribution is 2.26. The lowest BCUT2D eigenvalue weighted by molar-refractivity contribution is 0.292. The molecule has 0 N–H and O–H groups in total. The second-order valence-electron chi connectivity index (χ2n) is 3.71. The zero-order valence-corrected chi connectivity index (χ0v) is 10.4. The van der Waals surface area contributed by atoms with Crippen molar-refractivity contribution in [2.24, 2.45) is 0 Å². The van der Waals surface area contributed by atoms with E-state index in [1.54, 1.807) is 6.07 Å². The Morgan fingerprint density at radius 2 is 1.74 bits per heavy atom. The quantitative estimate of drug-likeness (QED) is 0.848. The highest BCUT2D eigenvalue weighted by molar-refractivity contribution is 6.31. The molecular formula is C14H8ClF2NO. The normalized spacial score (nSPS) is 10.0. The van der Waals surface area contributed by atoms with Crippen molar-refractivity contribution in [1.29, 1.82) is 5.26 Å². The maximum atomic E-state index is 13.4. The first-order valence-electron chi connectivity index (χ1n) is 5.37. The summed E-state index contributed by atoms with van der Waals surface area (Å²) in [4.78, 5) is 0. The van der Waals surface area contributed by atoms with Crippen molar-refractivity contribution in [2.75, 3.05) is 0 Å². The van der Waals surface area contributed by atoms with Crippen molar-refractivity contribution < 1.29 is 13.5 Å². The maximum Gasteiger partial charge on any atom is 0.139 e. The molecule has 5 heteroatoms. The van der Waals surface area contributed by atoms with E-state index in [9.17, 15) is 8.78 Å². The van der Waals surface area contributed by atoms with Crippen LogP contribution < -0.4 is 4.74 Å². The molecule has 2 aromatic rings. The van der Waals surface area contributed by atoms with Gasteiger partial charge in [-0.1, -0.05) is 23.7 Å². The fraction of sp³-hybridized carbons (Fsp3) is 0.0714. The van der Waals surface area contributed by atoms with Crippen LogP contribution in [0.25, 0.3) is 0 Å². The fourth-order valence-corrected chi connectivity index (χ4v) is 1.76. The van der Waals surface area contributed by atoms with Crippen LogP contribution in [0.2, 0.25) is 5.02 Å². The van der Waals surface area contributed by atoms with Gasteiger partial charge in [0, 0.05) is 0 Å². The predicted molar refractivity (Wildman–Crippen MR) is 66.9 cm³/mol. The number of rotatable bonds is 3. The summed E-state index contributed by atoms with van der Waals surface area (Å²) in [5.74, 6) is -1.20. The number of halogens is 3.